The lowest BCUT2D eigenvalue weighted by molar-refractivity contribution is -0.121. The first-order chi connectivity index (χ1) is 15.7. The Morgan fingerprint density at radius 1 is 1.03 bits per heavy atom. The van der Waals surface area contributed by atoms with E-state index in [1.165, 1.54) is 6.26 Å². The van der Waals surface area contributed by atoms with E-state index in [0.29, 0.717) is 50.1 Å². The van der Waals surface area contributed by atoms with Gasteiger partial charge in [0.15, 0.2) is 5.76 Å². The van der Waals surface area contributed by atoms with Gasteiger partial charge in [0.05, 0.1) is 17.1 Å². The van der Waals surface area contributed by atoms with Crippen LogP contribution in [-0.2, 0) is 14.8 Å². The molecule has 2 aromatic rings. The maximum Gasteiger partial charge on any atom is 0.289 e. The number of carbonyl (C=O) groups is 2. The standard InChI is InChI=1S/C24H31N3O5S/c1-17-13-18(2)15-27(14-17)33(30,31)21-9-7-20(8-10-21)25-23(28)19-5-3-11-26(16-19)24(29)22-6-4-12-32-22/h4,6-10,12,17-19H,3,5,11,13-16H2,1-2H3,(H,25,28)/t17-,18-,19+/m1/s1. The van der Waals surface area contributed by atoms with E-state index < -0.39 is 10.0 Å². The zero-order valence-corrected chi connectivity index (χ0v) is 19.9. The third-order valence-electron chi connectivity index (χ3n) is 6.41. The summed E-state index contributed by atoms with van der Waals surface area (Å²) in [6, 6.07) is 9.61. The molecule has 0 spiro atoms. The molecule has 1 aromatic carbocycles. The summed E-state index contributed by atoms with van der Waals surface area (Å²) in [5.41, 5.74) is 0.536. The average molecular weight is 474 g/mol. The van der Waals surface area contributed by atoms with Crippen LogP contribution < -0.4 is 5.32 Å². The van der Waals surface area contributed by atoms with Gasteiger partial charge in [-0.2, -0.15) is 4.31 Å². The normalized spacial score (nSPS) is 24.4. The molecule has 2 aliphatic heterocycles. The minimum absolute atomic E-state index is 0.179. The monoisotopic (exact) mass is 473 g/mol. The number of hydrogen-bond donors (Lipinski definition) is 1. The minimum atomic E-state index is -3.56. The summed E-state index contributed by atoms with van der Waals surface area (Å²) in [5, 5.41) is 2.87. The van der Waals surface area contributed by atoms with Crippen molar-refractivity contribution in [1.29, 1.82) is 0 Å². The third kappa shape index (κ3) is 5.30. The van der Waals surface area contributed by atoms with Crippen molar-refractivity contribution in [3.05, 3.63) is 48.4 Å². The molecule has 3 heterocycles. The van der Waals surface area contributed by atoms with Crippen molar-refractivity contribution in [3.8, 4) is 0 Å². The molecule has 3 atom stereocenters. The fourth-order valence-electron chi connectivity index (χ4n) is 4.84. The van der Waals surface area contributed by atoms with Crippen LogP contribution in [0.15, 0.2) is 52.0 Å². The van der Waals surface area contributed by atoms with Gasteiger partial charge < -0.3 is 14.6 Å². The van der Waals surface area contributed by atoms with Gasteiger partial charge in [-0.05, 0) is 67.5 Å². The lowest BCUT2D eigenvalue weighted by Gasteiger charge is -2.34. The number of carbonyl (C=O) groups excluding carboxylic acids is 2. The zero-order chi connectivity index (χ0) is 23.6. The van der Waals surface area contributed by atoms with Crippen LogP contribution in [0.1, 0.15) is 43.7 Å². The molecule has 2 fully saturated rings. The smallest absolute Gasteiger partial charge is 0.289 e. The summed E-state index contributed by atoms with van der Waals surface area (Å²) in [6.07, 6.45) is 3.90. The van der Waals surface area contributed by atoms with Gasteiger partial charge in [-0.25, -0.2) is 8.42 Å². The highest BCUT2D eigenvalue weighted by Gasteiger charge is 2.32. The molecule has 178 valence electrons. The topological polar surface area (TPSA) is 99.9 Å². The number of hydrogen-bond acceptors (Lipinski definition) is 5. The van der Waals surface area contributed by atoms with Crippen molar-refractivity contribution in [2.45, 2.75) is 38.0 Å². The fourth-order valence-corrected chi connectivity index (χ4v) is 6.52. The summed E-state index contributed by atoms with van der Waals surface area (Å²) < 4.78 is 32.9. The van der Waals surface area contributed by atoms with E-state index in [0.717, 1.165) is 12.8 Å². The number of benzene rings is 1. The molecule has 33 heavy (non-hydrogen) atoms. The number of nitrogens with zero attached hydrogens (tertiary/aromatic N) is 2. The Hall–Kier alpha value is -2.65. The first kappa shape index (κ1) is 23.5. The Balaban J connectivity index is 1.38. The molecule has 0 saturated carbocycles. The molecule has 2 aliphatic rings. The van der Waals surface area contributed by atoms with Crippen LogP contribution in [0.3, 0.4) is 0 Å². The molecule has 8 nitrogen and oxygen atoms in total. The van der Waals surface area contributed by atoms with E-state index in [2.05, 4.69) is 19.2 Å². The predicted molar refractivity (Wildman–Crippen MR) is 124 cm³/mol. The molecule has 1 aromatic heterocycles. The van der Waals surface area contributed by atoms with Crippen molar-refractivity contribution in [2.24, 2.45) is 17.8 Å². The van der Waals surface area contributed by atoms with E-state index in [9.17, 15) is 18.0 Å². The van der Waals surface area contributed by atoms with Gasteiger partial charge in [0.25, 0.3) is 5.91 Å². The highest BCUT2D eigenvalue weighted by atomic mass is 32.2. The first-order valence-corrected chi connectivity index (χ1v) is 12.9. The first-order valence-electron chi connectivity index (χ1n) is 11.5. The van der Waals surface area contributed by atoms with Crippen molar-refractivity contribution in [1.82, 2.24) is 9.21 Å². The molecular weight excluding hydrogens is 442 g/mol. The van der Waals surface area contributed by atoms with E-state index in [1.807, 2.05) is 0 Å². The quantitative estimate of drug-likeness (QED) is 0.717. The molecule has 0 unspecified atom stereocenters. The second kappa shape index (κ2) is 9.69. The lowest BCUT2D eigenvalue weighted by Crippen LogP contribution is -2.43. The number of amides is 2. The molecule has 4 rings (SSSR count). The van der Waals surface area contributed by atoms with Gasteiger partial charge >= 0.3 is 0 Å². The highest BCUT2D eigenvalue weighted by molar-refractivity contribution is 7.89. The van der Waals surface area contributed by atoms with E-state index >= 15 is 0 Å². The maximum atomic E-state index is 13.1. The lowest BCUT2D eigenvalue weighted by atomic mass is 9.94. The van der Waals surface area contributed by atoms with Gasteiger partial charge in [0, 0.05) is 31.9 Å². The molecule has 0 radical (unpaired) electrons. The zero-order valence-electron chi connectivity index (χ0n) is 19.1. The van der Waals surface area contributed by atoms with Gasteiger partial charge in [0.1, 0.15) is 0 Å². The van der Waals surface area contributed by atoms with Gasteiger partial charge in [-0.1, -0.05) is 13.8 Å². The Bertz CT molecular complexity index is 1070. The Morgan fingerprint density at radius 3 is 2.36 bits per heavy atom. The van der Waals surface area contributed by atoms with Crippen LogP contribution >= 0.6 is 0 Å². The maximum absolute atomic E-state index is 13.1. The van der Waals surface area contributed by atoms with E-state index in [4.69, 9.17) is 4.42 Å². The summed E-state index contributed by atoms with van der Waals surface area (Å²) in [5.74, 6) is 0.200. The highest BCUT2D eigenvalue weighted by Crippen LogP contribution is 2.27. The van der Waals surface area contributed by atoms with Crippen LogP contribution in [0.25, 0.3) is 0 Å². The van der Waals surface area contributed by atoms with Crippen LogP contribution in [0, 0.1) is 17.8 Å². The predicted octanol–water partition coefficient (Wildman–Crippen LogP) is 3.44. The number of piperidine rings is 2. The largest absolute Gasteiger partial charge is 0.459 e. The Kier molecular flexibility index (Phi) is 6.90. The molecule has 9 heteroatoms. The van der Waals surface area contributed by atoms with Crippen LogP contribution in [-0.4, -0.2) is 55.6 Å². The van der Waals surface area contributed by atoms with Crippen molar-refractivity contribution in [2.75, 3.05) is 31.5 Å². The van der Waals surface area contributed by atoms with Gasteiger partial charge in [-0.3, -0.25) is 9.59 Å². The van der Waals surface area contributed by atoms with Crippen LogP contribution in [0.4, 0.5) is 5.69 Å². The number of likely N-dealkylation sites (tertiary alicyclic amines) is 1. The summed E-state index contributed by atoms with van der Waals surface area (Å²) >= 11 is 0. The van der Waals surface area contributed by atoms with Crippen LogP contribution in [0.5, 0.6) is 0 Å². The molecule has 1 N–H and O–H groups in total. The van der Waals surface area contributed by atoms with Crippen LogP contribution in [0.2, 0.25) is 0 Å². The number of rotatable bonds is 5. The summed E-state index contributed by atoms with van der Waals surface area (Å²) in [4.78, 5) is 27.2. The van der Waals surface area contributed by atoms with Crippen molar-refractivity contribution in [3.63, 3.8) is 0 Å². The number of anilines is 1. The third-order valence-corrected chi connectivity index (χ3v) is 8.25. The van der Waals surface area contributed by atoms with E-state index in [-0.39, 0.29) is 28.4 Å². The molecule has 2 saturated heterocycles. The van der Waals surface area contributed by atoms with E-state index in [1.54, 1.807) is 45.6 Å². The van der Waals surface area contributed by atoms with Gasteiger partial charge in [-0.15, -0.1) is 0 Å². The molecule has 0 bridgehead atoms. The molecular formula is C24H31N3O5S. The summed E-state index contributed by atoms with van der Waals surface area (Å²) in [6.45, 7) is 6.11. The number of furan rings is 1. The van der Waals surface area contributed by atoms with Crippen molar-refractivity contribution < 1.29 is 22.4 Å². The molecule has 2 amide bonds. The number of sulfonamides is 1. The fraction of sp³-hybridized carbons (Fsp3) is 0.500. The van der Waals surface area contributed by atoms with Gasteiger partial charge in [0.2, 0.25) is 15.9 Å². The minimum Gasteiger partial charge on any atom is -0.459 e. The second-order valence-electron chi connectivity index (χ2n) is 9.35. The average Bonchev–Trinajstić information content (AvgIpc) is 3.33. The van der Waals surface area contributed by atoms with Crippen molar-refractivity contribution >= 4 is 27.5 Å². The Labute approximate surface area is 195 Å². The molecule has 0 aliphatic carbocycles. The summed E-state index contributed by atoms with van der Waals surface area (Å²) in [7, 11) is -3.56. The second-order valence-corrected chi connectivity index (χ2v) is 11.3. The number of nitrogens with one attached hydrogen (secondary N) is 1. The Morgan fingerprint density at radius 2 is 1.73 bits per heavy atom. The SMILES string of the molecule is C[C@@H]1C[C@@H](C)CN(S(=O)(=O)c2ccc(NC(=O)[C@H]3CCCN(C(=O)c4ccco4)C3)cc2)C1.